The van der Waals surface area contributed by atoms with Crippen molar-refractivity contribution in [3.8, 4) is 5.95 Å². The van der Waals surface area contributed by atoms with Crippen LogP contribution in [-0.4, -0.2) is 23.6 Å². The van der Waals surface area contributed by atoms with Crippen LogP contribution in [0.15, 0.2) is 16.5 Å². The van der Waals surface area contributed by atoms with Gasteiger partial charge in [-0.25, -0.2) is 4.79 Å². The van der Waals surface area contributed by atoms with Gasteiger partial charge in [-0.3, -0.25) is 0 Å². The van der Waals surface area contributed by atoms with E-state index in [4.69, 9.17) is 21.4 Å². The van der Waals surface area contributed by atoms with Crippen molar-refractivity contribution in [2.45, 2.75) is 6.42 Å². The van der Waals surface area contributed by atoms with Crippen molar-refractivity contribution in [2.24, 2.45) is 0 Å². The van der Waals surface area contributed by atoms with Gasteiger partial charge < -0.3 is 14.3 Å². The molecule has 0 aromatic carbocycles. The number of hydrogen-bond donors (Lipinski definition) is 1. The van der Waals surface area contributed by atoms with E-state index < -0.39 is 5.97 Å². The van der Waals surface area contributed by atoms with Crippen molar-refractivity contribution in [1.82, 2.24) is 0 Å². The maximum absolute atomic E-state index is 11.1. The summed E-state index contributed by atoms with van der Waals surface area (Å²) in [6.45, 7) is 0.254. The topological polar surface area (TPSA) is 59.7 Å². The van der Waals surface area contributed by atoms with E-state index in [1.807, 2.05) is 0 Å². The van der Waals surface area contributed by atoms with E-state index in [0.717, 1.165) is 0 Å². The number of ether oxygens (including phenoxy) is 1. The Morgan fingerprint density at radius 3 is 2.92 bits per heavy atom. The van der Waals surface area contributed by atoms with Crippen molar-refractivity contribution >= 4 is 17.6 Å². The van der Waals surface area contributed by atoms with Gasteiger partial charge in [0, 0.05) is 11.9 Å². The monoisotopic (exact) mass is 204 g/mol. The molecule has 1 aromatic rings. The number of esters is 1. The molecular formula is C8H9ClO4. The molecule has 0 fully saturated rings. The first-order valence-corrected chi connectivity index (χ1v) is 4.29. The predicted octanol–water partition coefficient (Wildman–Crippen LogP) is 1.77. The van der Waals surface area contributed by atoms with Gasteiger partial charge in [0.1, 0.15) is 0 Å². The lowest BCUT2D eigenvalue weighted by Crippen LogP contribution is -2.05. The number of carbonyl (C=O) groups excluding carboxylic acids is 1. The van der Waals surface area contributed by atoms with E-state index in [0.29, 0.717) is 12.3 Å². The average Bonchev–Trinajstić information content (AvgIpc) is 2.52. The second-order valence-corrected chi connectivity index (χ2v) is 2.69. The highest BCUT2D eigenvalue weighted by atomic mass is 35.5. The first-order valence-electron chi connectivity index (χ1n) is 3.76. The molecule has 0 bridgehead atoms. The van der Waals surface area contributed by atoms with Crippen molar-refractivity contribution in [3.05, 3.63) is 17.9 Å². The summed E-state index contributed by atoms with van der Waals surface area (Å²) in [7, 11) is 0. The molecule has 0 spiro atoms. The van der Waals surface area contributed by atoms with Crippen LogP contribution in [0.5, 0.6) is 5.95 Å². The summed E-state index contributed by atoms with van der Waals surface area (Å²) in [5.74, 6) is -0.460. The Morgan fingerprint density at radius 1 is 1.62 bits per heavy atom. The number of hydrogen-bond acceptors (Lipinski definition) is 4. The summed E-state index contributed by atoms with van der Waals surface area (Å²) in [6, 6.07) is 2.62. The Bertz CT molecular complexity index is 281. The van der Waals surface area contributed by atoms with E-state index >= 15 is 0 Å². The van der Waals surface area contributed by atoms with Crippen molar-refractivity contribution < 1.29 is 19.1 Å². The summed E-state index contributed by atoms with van der Waals surface area (Å²) in [5.41, 5.74) is 0. The highest BCUT2D eigenvalue weighted by Gasteiger charge is 2.11. The highest BCUT2D eigenvalue weighted by molar-refractivity contribution is 6.17. The van der Waals surface area contributed by atoms with Crippen molar-refractivity contribution in [2.75, 3.05) is 12.5 Å². The summed E-state index contributed by atoms with van der Waals surface area (Å²) in [5, 5.41) is 8.78. The zero-order valence-corrected chi connectivity index (χ0v) is 7.58. The lowest BCUT2D eigenvalue weighted by Gasteiger charge is -1.99. The molecule has 0 radical (unpaired) electrons. The van der Waals surface area contributed by atoms with Crippen LogP contribution in [0.25, 0.3) is 0 Å². The van der Waals surface area contributed by atoms with E-state index in [2.05, 4.69) is 4.42 Å². The lowest BCUT2D eigenvalue weighted by atomic mass is 10.4. The number of alkyl halides is 1. The molecule has 1 aromatic heterocycles. The zero-order valence-electron chi connectivity index (χ0n) is 6.83. The fourth-order valence-corrected chi connectivity index (χ4v) is 0.837. The van der Waals surface area contributed by atoms with Gasteiger partial charge >= 0.3 is 5.97 Å². The SMILES string of the molecule is O=C(OCCCCl)c1ccc(O)o1. The second-order valence-electron chi connectivity index (χ2n) is 2.32. The maximum Gasteiger partial charge on any atom is 0.374 e. The van der Waals surface area contributed by atoms with E-state index in [1.54, 1.807) is 0 Å². The van der Waals surface area contributed by atoms with Gasteiger partial charge in [-0.05, 0) is 12.5 Å². The Balaban J connectivity index is 2.40. The van der Waals surface area contributed by atoms with Crippen LogP contribution in [0.1, 0.15) is 17.0 Å². The van der Waals surface area contributed by atoms with Gasteiger partial charge in [-0.1, -0.05) is 0 Å². The number of rotatable bonds is 4. The molecule has 0 aliphatic heterocycles. The Hall–Kier alpha value is -1.16. The van der Waals surface area contributed by atoms with E-state index in [-0.39, 0.29) is 18.3 Å². The molecule has 1 rings (SSSR count). The number of carbonyl (C=O) groups is 1. The number of furan rings is 1. The quantitative estimate of drug-likeness (QED) is 0.461. The zero-order chi connectivity index (χ0) is 9.68. The third kappa shape index (κ3) is 2.99. The third-order valence-corrected chi connectivity index (χ3v) is 1.57. The van der Waals surface area contributed by atoms with Crippen LogP contribution in [-0.2, 0) is 4.74 Å². The van der Waals surface area contributed by atoms with Gasteiger partial charge in [0.25, 0.3) is 5.95 Å². The Morgan fingerprint density at radius 2 is 2.38 bits per heavy atom. The van der Waals surface area contributed by atoms with Crippen LogP contribution in [0.3, 0.4) is 0 Å². The standard InChI is InChI=1S/C8H9ClO4/c9-4-1-5-12-8(11)6-2-3-7(10)13-6/h2-3,10H,1,4-5H2. The van der Waals surface area contributed by atoms with Crippen LogP contribution in [0, 0.1) is 0 Å². The molecule has 1 heterocycles. The number of aromatic hydroxyl groups is 1. The molecular weight excluding hydrogens is 196 g/mol. The van der Waals surface area contributed by atoms with Crippen molar-refractivity contribution in [3.63, 3.8) is 0 Å². The van der Waals surface area contributed by atoms with Crippen LogP contribution < -0.4 is 0 Å². The molecule has 0 aliphatic carbocycles. The average molecular weight is 205 g/mol. The highest BCUT2D eigenvalue weighted by Crippen LogP contribution is 2.14. The minimum absolute atomic E-state index is 0.00734. The molecule has 0 atom stereocenters. The van der Waals surface area contributed by atoms with Gasteiger partial charge in [0.2, 0.25) is 5.76 Å². The minimum atomic E-state index is -0.592. The fourth-order valence-electron chi connectivity index (χ4n) is 0.728. The Kier molecular flexibility index (Phi) is 3.64. The van der Waals surface area contributed by atoms with E-state index in [1.165, 1.54) is 12.1 Å². The van der Waals surface area contributed by atoms with Crippen LogP contribution in [0.4, 0.5) is 0 Å². The van der Waals surface area contributed by atoms with Gasteiger partial charge in [-0.2, -0.15) is 0 Å². The molecule has 0 amide bonds. The molecule has 4 nitrogen and oxygen atoms in total. The van der Waals surface area contributed by atoms with Gasteiger partial charge in [0.05, 0.1) is 6.61 Å². The van der Waals surface area contributed by atoms with Crippen LogP contribution in [0.2, 0.25) is 0 Å². The summed E-state index contributed by atoms with van der Waals surface area (Å²) in [4.78, 5) is 11.1. The number of halogens is 1. The molecule has 0 aliphatic rings. The lowest BCUT2D eigenvalue weighted by molar-refractivity contribution is 0.0463. The molecule has 1 N–H and O–H groups in total. The molecule has 5 heteroatoms. The largest absolute Gasteiger partial charge is 0.481 e. The molecule has 72 valence electrons. The van der Waals surface area contributed by atoms with E-state index in [9.17, 15) is 4.79 Å². The minimum Gasteiger partial charge on any atom is -0.481 e. The first-order chi connectivity index (χ1) is 6.24. The van der Waals surface area contributed by atoms with Gasteiger partial charge in [0.15, 0.2) is 0 Å². The van der Waals surface area contributed by atoms with Crippen LogP contribution >= 0.6 is 11.6 Å². The maximum atomic E-state index is 11.1. The molecule has 13 heavy (non-hydrogen) atoms. The fraction of sp³-hybridized carbons (Fsp3) is 0.375. The van der Waals surface area contributed by atoms with Crippen molar-refractivity contribution in [1.29, 1.82) is 0 Å². The first kappa shape index (κ1) is 9.92. The van der Waals surface area contributed by atoms with Gasteiger partial charge in [-0.15, -0.1) is 11.6 Å². The normalized spacial score (nSPS) is 9.92. The molecule has 0 saturated heterocycles. The third-order valence-electron chi connectivity index (χ3n) is 1.30. The smallest absolute Gasteiger partial charge is 0.374 e. The second kappa shape index (κ2) is 4.77. The summed E-state index contributed by atoms with van der Waals surface area (Å²) in [6.07, 6.45) is 0.597. The Labute approximate surface area is 80.1 Å². The summed E-state index contributed by atoms with van der Waals surface area (Å²) >= 11 is 5.38. The predicted molar refractivity (Wildman–Crippen MR) is 46.0 cm³/mol. The summed E-state index contributed by atoms with van der Waals surface area (Å²) < 4.78 is 9.38. The molecule has 0 unspecified atom stereocenters. The molecule has 0 saturated carbocycles.